The Hall–Kier alpha value is -6.96. The molecule has 1 heterocycles. The monoisotopic (exact) mass is 821 g/mol. The fourth-order valence-corrected chi connectivity index (χ4v) is 12.6. The third-order valence-corrected chi connectivity index (χ3v) is 16.0. The van der Waals surface area contributed by atoms with Crippen molar-refractivity contribution in [3.05, 3.63) is 227 Å². The number of nitrogens with zero attached hydrogens (tertiary/aromatic N) is 1. The van der Waals surface area contributed by atoms with Gasteiger partial charge >= 0.3 is 0 Å². The Morgan fingerprint density at radius 1 is 0.359 bits per heavy atom. The highest BCUT2D eigenvalue weighted by atomic mass is 15.2. The smallest absolute Gasteiger partial charge is 0.0639 e. The zero-order valence-corrected chi connectivity index (χ0v) is 37.6. The van der Waals surface area contributed by atoms with Crippen LogP contribution in [0.15, 0.2) is 182 Å². The van der Waals surface area contributed by atoms with E-state index in [4.69, 9.17) is 0 Å². The van der Waals surface area contributed by atoms with Crippen molar-refractivity contribution in [2.45, 2.75) is 70.3 Å². The van der Waals surface area contributed by atoms with Crippen molar-refractivity contribution in [3.8, 4) is 55.6 Å². The molecule has 0 N–H and O–H groups in total. The highest BCUT2D eigenvalue weighted by molar-refractivity contribution is 6.04. The lowest BCUT2D eigenvalue weighted by atomic mass is 9.80. The predicted octanol–water partition coefficient (Wildman–Crippen LogP) is 16.3. The van der Waals surface area contributed by atoms with Crippen molar-refractivity contribution in [1.82, 2.24) is 0 Å². The second kappa shape index (κ2) is 13.1. The minimum atomic E-state index is -0.108. The molecule has 1 heteroatoms. The number of benzene rings is 8. The first-order valence-corrected chi connectivity index (χ1v) is 23.2. The van der Waals surface area contributed by atoms with E-state index < -0.39 is 0 Å². The molecular weight excluding hydrogens is 771 g/mol. The van der Waals surface area contributed by atoms with Crippen molar-refractivity contribution < 1.29 is 0 Å². The van der Waals surface area contributed by atoms with E-state index in [1.54, 1.807) is 0 Å². The molecule has 0 saturated carbocycles. The van der Waals surface area contributed by atoms with Crippen LogP contribution in [0, 0.1) is 0 Å². The number of para-hydroxylation sites is 1. The van der Waals surface area contributed by atoms with Gasteiger partial charge in [-0.1, -0.05) is 181 Å². The predicted molar refractivity (Wildman–Crippen MR) is 269 cm³/mol. The Bertz CT molecular complexity index is 3390. The maximum Gasteiger partial charge on any atom is 0.0639 e. The number of anilines is 2. The molecule has 0 bridgehead atoms. The highest BCUT2D eigenvalue weighted by Crippen LogP contribution is 2.58. The molecule has 1 atom stereocenters. The van der Waals surface area contributed by atoms with E-state index in [0.717, 1.165) is 6.42 Å². The van der Waals surface area contributed by atoms with Gasteiger partial charge in [-0.05, 0) is 149 Å². The number of fused-ring (bicyclic) bond motifs is 12. The summed E-state index contributed by atoms with van der Waals surface area (Å²) in [6.07, 6.45) is 5.79. The minimum Gasteiger partial charge on any atom is -0.333 e. The van der Waals surface area contributed by atoms with E-state index in [1.807, 2.05) is 0 Å². The summed E-state index contributed by atoms with van der Waals surface area (Å²) in [5.41, 5.74) is 29.4. The maximum atomic E-state index is 2.68. The molecule has 64 heavy (non-hydrogen) atoms. The van der Waals surface area contributed by atoms with Crippen molar-refractivity contribution in [2.75, 3.05) is 4.90 Å². The van der Waals surface area contributed by atoms with Gasteiger partial charge in [-0.2, -0.15) is 0 Å². The van der Waals surface area contributed by atoms with Crippen LogP contribution in [0.2, 0.25) is 0 Å². The van der Waals surface area contributed by atoms with Gasteiger partial charge in [0.05, 0.1) is 11.7 Å². The first-order valence-electron chi connectivity index (χ1n) is 23.2. The summed E-state index contributed by atoms with van der Waals surface area (Å²) in [7, 11) is 0. The standard InChI is InChI=1S/C63H51N/c1-61(2)53-21-13-10-18-44(53)47-28-24-38(34-56(47)61)40-26-31-50-52-33-42(39-25-29-48-45-19-11-14-22-54(45)62(3,4)57(48)35-39)32-51(60(52)64(59(50)37-40)43-16-8-7-9-17-43)41-27-30-49-46-20-12-15-23-55(46)63(5,6)58(49)36-41/h7-36,59H,37H2,1-6H3. The van der Waals surface area contributed by atoms with Crippen LogP contribution in [0.4, 0.5) is 11.4 Å². The van der Waals surface area contributed by atoms with Crippen molar-refractivity contribution in [1.29, 1.82) is 0 Å². The summed E-state index contributed by atoms with van der Waals surface area (Å²) in [6, 6.07) is 65.0. The van der Waals surface area contributed by atoms with Gasteiger partial charge in [-0.15, -0.1) is 0 Å². The number of hydrogen-bond acceptors (Lipinski definition) is 1. The van der Waals surface area contributed by atoms with Gasteiger partial charge in [-0.3, -0.25) is 0 Å². The Labute approximate surface area is 378 Å². The van der Waals surface area contributed by atoms with Gasteiger partial charge in [0.25, 0.3) is 0 Å². The molecule has 13 rings (SSSR count). The van der Waals surface area contributed by atoms with Gasteiger partial charge in [0.1, 0.15) is 0 Å². The maximum absolute atomic E-state index is 2.68. The molecule has 0 amide bonds. The molecule has 4 aliphatic carbocycles. The molecule has 5 aliphatic rings. The third kappa shape index (κ3) is 5.07. The van der Waals surface area contributed by atoms with Crippen molar-refractivity contribution in [2.24, 2.45) is 0 Å². The Morgan fingerprint density at radius 2 is 0.797 bits per heavy atom. The molecule has 1 unspecified atom stereocenters. The molecule has 0 saturated heterocycles. The molecule has 0 fully saturated rings. The van der Waals surface area contributed by atoms with E-state index in [2.05, 4.69) is 228 Å². The Balaban J connectivity index is 1.01. The summed E-state index contributed by atoms with van der Waals surface area (Å²) in [6.45, 7) is 14.3. The second-order valence-corrected chi connectivity index (χ2v) is 20.5. The van der Waals surface area contributed by atoms with Crippen molar-refractivity contribution >= 4 is 22.5 Å². The summed E-state index contributed by atoms with van der Waals surface area (Å²) >= 11 is 0. The van der Waals surface area contributed by atoms with Crippen LogP contribution in [0.5, 0.6) is 0 Å². The Morgan fingerprint density at radius 3 is 1.36 bits per heavy atom. The van der Waals surface area contributed by atoms with E-state index in [-0.39, 0.29) is 22.3 Å². The number of allylic oxidation sites excluding steroid dienone is 2. The summed E-state index contributed by atoms with van der Waals surface area (Å²) < 4.78 is 0. The van der Waals surface area contributed by atoms with E-state index in [0.29, 0.717) is 0 Å². The Kier molecular flexibility index (Phi) is 7.67. The molecule has 8 aromatic rings. The lowest BCUT2D eigenvalue weighted by Crippen LogP contribution is -2.28. The molecule has 1 aliphatic heterocycles. The van der Waals surface area contributed by atoms with Crippen molar-refractivity contribution in [3.63, 3.8) is 0 Å². The van der Waals surface area contributed by atoms with Crippen LogP contribution in [0.3, 0.4) is 0 Å². The zero-order chi connectivity index (χ0) is 43.3. The highest BCUT2D eigenvalue weighted by Gasteiger charge is 2.42. The fourth-order valence-electron chi connectivity index (χ4n) is 12.6. The largest absolute Gasteiger partial charge is 0.333 e. The summed E-state index contributed by atoms with van der Waals surface area (Å²) in [5.74, 6) is 0. The normalized spacial score (nSPS) is 18.2. The van der Waals surface area contributed by atoms with Gasteiger partial charge in [0.2, 0.25) is 0 Å². The van der Waals surface area contributed by atoms with E-state index >= 15 is 0 Å². The number of rotatable bonds is 4. The SMILES string of the molecule is CC1(C)c2ccccc2-c2ccc(C3=CC=C4c5cc(-c6ccc7c(c6)C(C)(C)c6ccccc6-7)cc(-c6ccc7c(c6)C(C)(C)c6ccccc6-7)c5N(c5ccccc5)C4C3)cc21. The average molecular weight is 822 g/mol. The molecule has 308 valence electrons. The van der Waals surface area contributed by atoms with Gasteiger partial charge < -0.3 is 4.90 Å². The molecule has 1 nitrogen and oxygen atoms in total. The first-order chi connectivity index (χ1) is 31.0. The quantitative estimate of drug-likeness (QED) is 0.171. The van der Waals surface area contributed by atoms with Gasteiger partial charge in [0, 0.05) is 33.1 Å². The van der Waals surface area contributed by atoms with E-state index in [9.17, 15) is 0 Å². The molecule has 0 spiro atoms. The fraction of sp³-hybridized carbons (Fsp3) is 0.175. The van der Waals surface area contributed by atoms with Crippen LogP contribution in [0.1, 0.15) is 92.5 Å². The van der Waals surface area contributed by atoms with Crippen LogP contribution in [-0.2, 0) is 16.2 Å². The molecule has 0 aromatic heterocycles. The first kappa shape index (κ1) is 37.6. The van der Waals surface area contributed by atoms with E-state index in [1.165, 1.54) is 123 Å². The number of hydrogen-bond donors (Lipinski definition) is 0. The van der Waals surface area contributed by atoms with Gasteiger partial charge in [-0.25, -0.2) is 0 Å². The topological polar surface area (TPSA) is 3.24 Å². The molecule has 8 aromatic carbocycles. The lowest BCUT2D eigenvalue weighted by molar-refractivity contribution is 0.660. The van der Waals surface area contributed by atoms with Gasteiger partial charge in [0.15, 0.2) is 0 Å². The lowest BCUT2D eigenvalue weighted by Gasteiger charge is -2.32. The van der Waals surface area contributed by atoms with Crippen LogP contribution >= 0.6 is 0 Å². The zero-order valence-electron chi connectivity index (χ0n) is 37.6. The molecule has 0 radical (unpaired) electrons. The second-order valence-electron chi connectivity index (χ2n) is 20.5. The summed E-state index contributed by atoms with van der Waals surface area (Å²) in [5, 5.41) is 0. The minimum absolute atomic E-state index is 0.0511. The summed E-state index contributed by atoms with van der Waals surface area (Å²) in [4.78, 5) is 2.68. The van der Waals surface area contributed by atoms with Crippen LogP contribution in [-0.4, -0.2) is 6.04 Å². The van der Waals surface area contributed by atoms with Crippen LogP contribution < -0.4 is 4.90 Å². The van der Waals surface area contributed by atoms with Crippen LogP contribution in [0.25, 0.3) is 66.8 Å². The molecular formula is C63H51N. The average Bonchev–Trinajstić information content (AvgIpc) is 3.94. The third-order valence-electron chi connectivity index (χ3n) is 16.0.